The van der Waals surface area contributed by atoms with Gasteiger partial charge in [0.25, 0.3) is 0 Å². The van der Waals surface area contributed by atoms with Crippen LogP contribution >= 0.6 is 0 Å². The smallest absolute Gasteiger partial charge is 0.335 e. The lowest BCUT2D eigenvalue weighted by Gasteiger charge is -2.09. The lowest BCUT2D eigenvalue weighted by Crippen LogP contribution is -2.13. The number of carbonyl (C=O) groups excluding carboxylic acids is 1. The van der Waals surface area contributed by atoms with Crippen LogP contribution in [0.4, 0.5) is 5.69 Å². The molecule has 5 nitrogen and oxygen atoms in total. The van der Waals surface area contributed by atoms with Gasteiger partial charge < -0.3 is 15.2 Å². The summed E-state index contributed by atoms with van der Waals surface area (Å²) in [6.45, 7) is 0.759. The van der Waals surface area contributed by atoms with Crippen molar-refractivity contribution in [1.82, 2.24) is 0 Å². The Bertz CT molecular complexity index is 751. The van der Waals surface area contributed by atoms with Crippen molar-refractivity contribution in [2.75, 3.05) is 11.9 Å². The Labute approximate surface area is 146 Å². The fourth-order valence-corrected chi connectivity index (χ4v) is 2.55. The van der Waals surface area contributed by atoms with Gasteiger partial charge in [0.15, 0.2) is 0 Å². The molecule has 2 N–H and O–H groups in total. The molecule has 0 aliphatic heterocycles. The summed E-state index contributed by atoms with van der Waals surface area (Å²) in [7, 11) is 0. The zero-order valence-electron chi connectivity index (χ0n) is 13.9. The van der Waals surface area contributed by atoms with Crippen LogP contribution in [0.3, 0.4) is 0 Å². The fourth-order valence-electron chi connectivity index (χ4n) is 2.55. The molecule has 0 bridgehead atoms. The molecule has 0 spiro atoms. The van der Waals surface area contributed by atoms with E-state index in [2.05, 4.69) is 5.32 Å². The quantitative estimate of drug-likeness (QED) is 0.768. The number of nitrogens with one attached hydrogen (secondary N) is 1. The molecule has 2 aromatic carbocycles. The van der Waals surface area contributed by atoms with E-state index < -0.39 is 5.97 Å². The van der Waals surface area contributed by atoms with Crippen LogP contribution in [0.1, 0.15) is 35.2 Å². The third-order valence-electron chi connectivity index (χ3n) is 4.19. The Balaban J connectivity index is 1.49. The van der Waals surface area contributed by atoms with Crippen LogP contribution < -0.4 is 10.1 Å². The number of rotatable bonds is 8. The maximum Gasteiger partial charge on any atom is 0.335 e. The van der Waals surface area contributed by atoms with Crippen LogP contribution in [0.15, 0.2) is 48.5 Å². The molecule has 0 aromatic heterocycles. The number of aryl methyl sites for hydroxylation is 1. The van der Waals surface area contributed by atoms with Crippen LogP contribution in [0.5, 0.6) is 5.75 Å². The molecule has 3 rings (SSSR count). The summed E-state index contributed by atoms with van der Waals surface area (Å²) >= 11 is 0. The number of aromatic carboxylic acids is 1. The van der Waals surface area contributed by atoms with Crippen LogP contribution in [0.2, 0.25) is 0 Å². The average Bonchev–Trinajstić information content (AvgIpc) is 3.44. The summed E-state index contributed by atoms with van der Waals surface area (Å²) < 4.78 is 5.66. The largest absolute Gasteiger partial charge is 0.493 e. The van der Waals surface area contributed by atoms with Gasteiger partial charge in [0.2, 0.25) is 5.91 Å². The summed E-state index contributed by atoms with van der Waals surface area (Å²) in [4.78, 5) is 23.3. The zero-order chi connectivity index (χ0) is 17.6. The monoisotopic (exact) mass is 339 g/mol. The first-order valence-corrected chi connectivity index (χ1v) is 8.46. The lowest BCUT2D eigenvalue weighted by atomic mass is 10.0. The summed E-state index contributed by atoms with van der Waals surface area (Å²) in [6.07, 6.45) is 3.11. The van der Waals surface area contributed by atoms with E-state index in [0.29, 0.717) is 23.6 Å². The highest BCUT2D eigenvalue weighted by atomic mass is 16.5. The van der Waals surface area contributed by atoms with Gasteiger partial charge in [0, 0.05) is 12.1 Å². The zero-order valence-corrected chi connectivity index (χ0v) is 13.9. The van der Waals surface area contributed by atoms with Crippen LogP contribution in [0, 0.1) is 5.92 Å². The van der Waals surface area contributed by atoms with Crippen molar-refractivity contribution in [2.24, 2.45) is 5.92 Å². The number of carboxylic acids is 1. The molecule has 0 unspecified atom stereocenters. The van der Waals surface area contributed by atoms with E-state index in [-0.39, 0.29) is 17.9 Å². The molecular formula is C20H21NO4. The molecule has 2 aromatic rings. The molecule has 0 heterocycles. The minimum atomic E-state index is -0.974. The number of anilines is 1. The Kier molecular flexibility index (Phi) is 5.33. The molecule has 130 valence electrons. The normalized spacial score (nSPS) is 13.3. The van der Waals surface area contributed by atoms with Crippen molar-refractivity contribution >= 4 is 17.6 Å². The third kappa shape index (κ3) is 5.08. The third-order valence-corrected chi connectivity index (χ3v) is 4.19. The predicted molar refractivity (Wildman–Crippen MR) is 95.0 cm³/mol. The SMILES string of the molecule is O=C(CCc1ccccc1C(=O)O)Nc1ccc(OCC2CC2)cc1. The predicted octanol–water partition coefficient (Wildman–Crippen LogP) is 3.74. The molecular weight excluding hydrogens is 318 g/mol. The summed E-state index contributed by atoms with van der Waals surface area (Å²) in [5.74, 6) is 0.387. The Hall–Kier alpha value is -2.82. The van der Waals surface area contributed by atoms with E-state index in [1.807, 2.05) is 24.3 Å². The van der Waals surface area contributed by atoms with E-state index in [4.69, 9.17) is 9.84 Å². The maximum absolute atomic E-state index is 12.1. The molecule has 5 heteroatoms. The van der Waals surface area contributed by atoms with Crippen molar-refractivity contribution in [3.63, 3.8) is 0 Å². The van der Waals surface area contributed by atoms with Gasteiger partial charge in [-0.15, -0.1) is 0 Å². The molecule has 0 radical (unpaired) electrons. The number of benzene rings is 2. The minimum absolute atomic E-state index is 0.146. The average molecular weight is 339 g/mol. The van der Waals surface area contributed by atoms with Gasteiger partial charge >= 0.3 is 5.97 Å². The van der Waals surface area contributed by atoms with Crippen molar-refractivity contribution in [3.05, 3.63) is 59.7 Å². The molecule has 0 saturated heterocycles. The van der Waals surface area contributed by atoms with Crippen molar-refractivity contribution < 1.29 is 19.4 Å². The number of carbonyl (C=O) groups is 2. The lowest BCUT2D eigenvalue weighted by molar-refractivity contribution is -0.116. The van der Waals surface area contributed by atoms with Crippen molar-refractivity contribution in [3.8, 4) is 5.75 Å². The number of carboxylic acid groups (broad SMARTS) is 1. The molecule has 1 saturated carbocycles. The molecule has 1 amide bonds. The van der Waals surface area contributed by atoms with Crippen molar-refractivity contribution in [2.45, 2.75) is 25.7 Å². The van der Waals surface area contributed by atoms with E-state index in [1.165, 1.54) is 12.8 Å². The Morgan fingerprint density at radius 2 is 1.80 bits per heavy atom. The van der Waals surface area contributed by atoms with Gasteiger partial charge in [0.05, 0.1) is 12.2 Å². The Morgan fingerprint density at radius 3 is 2.48 bits per heavy atom. The molecule has 1 aliphatic carbocycles. The first-order chi connectivity index (χ1) is 12.1. The minimum Gasteiger partial charge on any atom is -0.493 e. The van der Waals surface area contributed by atoms with Crippen LogP contribution in [-0.2, 0) is 11.2 Å². The first-order valence-electron chi connectivity index (χ1n) is 8.46. The van der Waals surface area contributed by atoms with E-state index in [1.54, 1.807) is 24.3 Å². The van der Waals surface area contributed by atoms with Crippen molar-refractivity contribution in [1.29, 1.82) is 0 Å². The second-order valence-electron chi connectivity index (χ2n) is 6.29. The van der Waals surface area contributed by atoms with Gasteiger partial charge in [-0.3, -0.25) is 4.79 Å². The molecule has 0 atom stereocenters. The number of hydrogen-bond donors (Lipinski definition) is 2. The maximum atomic E-state index is 12.1. The Morgan fingerprint density at radius 1 is 1.08 bits per heavy atom. The molecule has 1 fully saturated rings. The number of amides is 1. The summed E-state index contributed by atoms with van der Waals surface area (Å²) in [6, 6.07) is 14.1. The second kappa shape index (κ2) is 7.83. The highest BCUT2D eigenvalue weighted by molar-refractivity contribution is 5.92. The second-order valence-corrected chi connectivity index (χ2v) is 6.29. The van der Waals surface area contributed by atoms with Crippen LogP contribution in [-0.4, -0.2) is 23.6 Å². The number of ether oxygens (including phenoxy) is 1. The van der Waals surface area contributed by atoms with E-state index in [9.17, 15) is 9.59 Å². The topological polar surface area (TPSA) is 75.6 Å². The van der Waals surface area contributed by atoms with Gasteiger partial charge in [0.1, 0.15) is 5.75 Å². The summed E-state index contributed by atoms with van der Waals surface area (Å²) in [5, 5.41) is 12.0. The standard InChI is InChI=1S/C20H21NO4/c22-19(12-7-15-3-1-2-4-18(15)20(23)24)21-16-8-10-17(11-9-16)25-13-14-5-6-14/h1-4,8-11,14H,5-7,12-13H2,(H,21,22)(H,23,24). The first kappa shape index (κ1) is 17.0. The fraction of sp³-hybridized carbons (Fsp3) is 0.300. The summed E-state index contributed by atoms with van der Waals surface area (Å²) in [5.41, 5.74) is 1.61. The van der Waals surface area contributed by atoms with Gasteiger partial charge in [-0.1, -0.05) is 18.2 Å². The highest BCUT2D eigenvalue weighted by Gasteiger charge is 2.21. The van der Waals surface area contributed by atoms with E-state index >= 15 is 0 Å². The van der Waals surface area contributed by atoms with Gasteiger partial charge in [-0.25, -0.2) is 4.79 Å². The van der Waals surface area contributed by atoms with Gasteiger partial charge in [-0.05, 0) is 61.1 Å². The number of hydrogen-bond acceptors (Lipinski definition) is 3. The molecule has 25 heavy (non-hydrogen) atoms. The molecule has 1 aliphatic rings. The van der Waals surface area contributed by atoms with Gasteiger partial charge in [-0.2, -0.15) is 0 Å². The highest BCUT2D eigenvalue weighted by Crippen LogP contribution is 2.29. The van der Waals surface area contributed by atoms with Crippen LogP contribution in [0.25, 0.3) is 0 Å². The van der Waals surface area contributed by atoms with E-state index in [0.717, 1.165) is 12.4 Å².